The molecule has 0 N–H and O–H groups in total. The van der Waals surface area contributed by atoms with Crippen LogP contribution in [0.5, 0.6) is 17.2 Å². The second kappa shape index (κ2) is 6.85. The number of fused-ring (bicyclic) bond motifs is 4. The Kier molecular flexibility index (Phi) is 4.31. The number of hydrogen-bond donors (Lipinski definition) is 0. The number of para-hydroxylation sites is 1. The lowest BCUT2D eigenvalue weighted by atomic mass is 9.75. The van der Waals surface area contributed by atoms with E-state index in [1.54, 1.807) is 14.2 Å². The standard InChI is InChI=1S/C24H21BrO3/c1-26-20-10-6-5-9-16(20)23-17-12-19(25)22(27-2)13-21(17)28-24-15-8-4-3-7-14(15)11-18(23)24/h3-10,12-13,18,23-24H,11H2,1-2H3/t18-,23-,24-/m0/s1. The molecule has 5 rings (SSSR count). The van der Waals surface area contributed by atoms with Gasteiger partial charge in [-0.3, -0.25) is 0 Å². The van der Waals surface area contributed by atoms with Gasteiger partial charge in [-0.15, -0.1) is 0 Å². The second-order valence-corrected chi connectivity index (χ2v) is 8.20. The van der Waals surface area contributed by atoms with Crippen LogP contribution in [0.3, 0.4) is 0 Å². The van der Waals surface area contributed by atoms with Crippen LogP contribution >= 0.6 is 15.9 Å². The first kappa shape index (κ1) is 17.6. The molecular weight excluding hydrogens is 416 g/mol. The zero-order chi connectivity index (χ0) is 19.3. The molecule has 0 radical (unpaired) electrons. The van der Waals surface area contributed by atoms with E-state index in [0.29, 0.717) is 5.92 Å². The first-order chi connectivity index (χ1) is 13.7. The van der Waals surface area contributed by atoms with Gasteiger partial charge in [-0.25, -0.2) is 0 Å². The van der Waals surface area contributed by atoms with E-state index in [2.05, 4.69) is 58.4 Å². The molecule has 0 aromatic heterocycles. The molecule has 1 heterocycles. The third-order valence-electron chi connectivity index (χ3n) is 5.98. The average Bonchev–Trinajstić information content (AvgIpc) is 3.10. The fraction of sp³-hybridized carbons (Fsp3) is 0.250. The van der Waals surface area contributed by atoms with Gasteiger partial charge in [-0.05, 0) is 45.6 Å². The lowest BCUT2D eigenvalue weighted by Gasteiger charge is -2.37. The maximum absolute atomic E-state index is 6.56. The van der Waals surface area contributed by atoms with Gasteiger partial charge in [-0.2, -0.15) is 0 Å². The van der Waals surface area contributed by atoms with Crippen LogP contribution in [0.4, 0.5) is 0 Å². The second-order valence-electron chi connectivity index (χ2n) is 7.35. The Morgan fingerprint density at radius 2 is 1.57 bits per heavy atom. The van der Waals surface area contributed by atoms with Crippen LogP contribution in [0, 0.1) is 5.92 Å². The van der Waals surface area contributed by atoms with Crippen molar-refractivity contribution in [3.8, 4) is 17.2 Å². The zero-order valence-electron chi connectivity index (χ0n) is 15.8. The van der Waals surface area contributed by atoms with E-state index >= 15 is 0 Å². The predicted molar refractivity (Wildman–Crippen MR) is 113 cm³/mol. The van der Waals surface area contributed by atoms with Crippen molar-refractivity contribution in [1.29, 1.82) is 0 Å². The average molecular weight is 437 g/mol. The first-order valence-corrected chi connectivity index (χ1v) is 10.3. The summed E-state index contributed by atoms with van der Waals surface area (Å²) in [5, 5.41) is 0. The van der Waals surface area contributed by atoms with E-state index in [1.165, 1.54) is 22.3 Å². The van der Waals surface area contributed by atoms with Crippen LogP contribution in [-0.4, -0.2) is 14.2 Å². The number of halogens is 1. The summed E-state index contributed by atoms with van der Waals surface area (Å²) in [6, 6.07) is 21.1. The largest absolute Gasteiger partial charge is 0.496 e. The highest BCUT2D eigenvalue weighted by molar-refractivity contribution is 9.10. The normalized spacial score (nSPS) is 21.9. The number of rotatable bonds is 3. The monoisotopic (exact) mass is 436 g/mol. The molecule has 3 aromatic rings. The lowest BCUT2D eigenvalue weighted by Crippen LogP contribution is -2.28. The SMILES string of the molecule is COc1cc2c(cc1Br)[C@H](c1ccccc1OC)[C@@H]1Cc3ccccc3[C@@H]1O2. The van der Waals surface area contributed by atoms with Crippen LogP contribution in [-0.2, 0) is 6.42 Å². The van der Waals surface area contributed by atoms with Crippen LogP contribution in [0.15, 0.2) is 65.1 Å². The highest BCUT2D eigenvalue weighted by atomic mass is 79.9. The molecule has 28 heavy (non-hydrogen) atoms. The molecule has 0 saturated carbocycles. The van der Waals surface area contributed by atoms with E-state index in [0.717, 1.165) is 28.1 Å². The minimum atomic E-state index is 0.0319. The number of hydrogen-bond acceptors (Lipinski definition) is 3. The van der Waals surface area contributed by atoms with Crippen LogP contribution < -0.4 is 14.2 Å². The van der Waals surface area contributed by atoms with Gasteiger partial charge in [0.1, 0.15) is 23.4 Å². The summed E-state index contributed by atoms with van der Waals surface area (Å²) in [4.78, 5) is 0. The predicted octanol–water partition coefficient (Wildman–Crippen LogP) is 5.90. The van der Waals surface area contributed by atoms with E-state index in [1.807, 2.05) is 18.2 Å². The van der Waals surface area contributed by atoms with Gasteiger partial charge in [-0.1, -0.05) is 42.5 Å². The van der Waals surface area contributed by atoms with Crippen molar-refractivity contribution in [3.63, 3.8) is 0 Å². The smallest absolute Gasteiger partial charge is 0.136 e. The number of ether oxygens (including phenoxy) is 3. The fourth-order valence-electron chi connectivity index (χ4n) is 4.77. The fourth-order valence-corrected chi connectivity index (χ4v) is 5.30. The molecule has 142 valence electrons. The Balaban J connectivity index is 1.73. The van der Waals surface area contributed by atoms with Gasteiger partial charge in [0, 0.05) is 29.0 Å². The molecule has 2 aliphatic rings. The van der Waals surface area contributed by atoms with Crippen LogP contribution in [0.1, 0.15) is 34.3 Å². The van der Waals surface area contributed by atoms with Crippen molar-refractivity contribution >= 4 is 15.9 Å². The van der Waals surface area contributed by atoms with Gasteiger partial charge in [0.2, 0.25) is 0 Å². The van der Waals surface area contributed by atoms with Gasteiger partial charge in [0.25, 0.3) is 0 Å². The Bertz CT molecular complexity index is 1050. The first-order valence-electron chi connectivity index (χ1n) is 9.46. The summed E-state index contributed by atoms with van der Waals surface area (Å²) >= 11 is 3.66. The summed E-state index contributed by atoms with van der Waals surface area (Å²) < 4.78 is 18.8. The molecule has 3 nitrogen and oxygen atoms in total. The van der Waals surface area contributed by atoms with Crippen molar-refractivity contribution < 1.29 is 14.2 Å². The topological polar surface area (TPSA) is 27.7 Å². The summed E-state index contributed by atoms with van der Waals surface area (Å²) in [5.41, 5.74) is 5.04. The Morgan fingerprint density at radius 3 is 2.36 bits per heavy atom. The molecule has 0 fully saturated rings. The van der Waals surface area contributed by atoms with E-state index in [9.17, 15) is 0 Å². The number of methoxy groups -OCH3 is 2. The molecule has 1 aliphatic heterocycles. The maximum atomic E-state index is 6.56. The summed E-state index contributed by atoms with van der Waals surface area (Å²) in [5.74, 6) is 3.08. The third-order valence-corrected chi connectivity index (χ3v) is 6.60. The zero-order valence-corrected chi connectivity index (χ0v) is 17.4. The molecule has 0 saturated heterocycles. The van der Waals surface area contributed by atoms with Gasteiger partial charge in [0.15, 0.2) is 0 Å². The molecule has 3 atom stereocenters. The molecule has 1 aliphatic carbocycles. The Hall–Kier alpha value is -2.46. The highest BCUT2D eigenvalue weighted by Crippen LogP contribution is 2.56. The minimum Gasteiger partial charge on any atom is -0.496 e. The van der Waals surface area contributed by atoms with Crippen molar-refractivity contribution in [3.05, 3.63) is 87.4 Å². The molecule has 3 aromatic carbocycles. The van der Waals surface area contributed by atoms with Gasteiger partial charge < -0.3 is 14.2 Å². The van der Waals surface area contributed by atoms with E-state index in [-0.39, 0.29) is 12.0 Å². The quantitative estimate of drug-likeness (QED) is 0.510. The summed E-state index contributed by atoms with van der Waals surface area (Å²) in [6.45, 7) is 0. The van der Waals surface area contributed by atoms with E-state index < -0.39 is 0 Å². The maximum Gasteiger partial charge on any atom is 0.136 e. The van der Waals surface area contributed by atoms with Crippen molar-refractivity contribution in [2.24, 2.45) is 5.92 Å². The lowest BCUT2D eigenvalue weighted by molar-refractivity contribution is 0.114. The molecule has 0 bridgehead atoms. The van der Waals surface area contributed by atoms with Crippen molar-refractivity contribution in [2.45, 2.75) is 18.4 Å². The highest BCUT2D eigenvalue weighted by Gasteiger charge is 2.45. The molecular formula is C24H21BrO3. The molecule has 0 unspecified atom stereocenters. The summed E-state index contributed by atoms with van der Waals surface area (Å²) in [7, 11) is 3.42. The number of benzene rings is 3. The van der Waals surface area contributed by atoms with Gasteiger partial charge >= 0.3 is 0 Å². The molecule has 0 spiro atoms. The van der Waals surface area contributed by atoms with E-state index in [4.69, 9.17) is 14.2 Å². The summed E-state index contributed by atoms with van der Waals surface area (Å²) in [6.07, 6.45) is 1.02. The Morgan fingerprint density at radius 1 is 0.857 bits per heavy atom. The van der Waals surface area contributed by atoms with Crippen molar-refractivity contribution in [1.82, 2.24) is 0 Å². The minimum absolute atomic E-state index is 0.0319. The molecule has 0 amide bonds. The third kappa shape index (κ3) is 2.62. The van der Waals surface area contributed by atoms with Gasteiger partial charge in [0.05, 0.1) is 18.7 Å². The van der Waals surface area contributed by atoms with Crippen LogP contribution in [0.25, 0.3) is 0 Å². The van der Waals surface area contributed by atoms with Crippen molar-refractivity contribution in [2.75, 3.05) is 14.2 Å². The Labute approximate surface area is 173 Å². The molecule has 4 heteroatoms. The van der Waals surface area contributed by atoms with Crippen LogP contribution in [0.2, 0.25) is 0 Å².